The second kappa shape index (κ2) is 21.6. The summed E-state index contributed by atoms with van der Waals surface area (Å²) in [6.07, 6.45) is -0.651. The van der Waals surface area contributed by atoms with Gasteiger partial charge < -0.3 is 52.7 Å². The molecule has 0 saturated heterocycles. The number of fused-ring (bicyclic) bond motifs is 2. The maximum Gasteiger partial charge on any atom is 0.407 e. The molecular weight excluding hydrogens is 590 g/mol. The quantitative estimate of drug-likeness (QED) is 0.284. The number of benzene rings is 2. The van der Waals surface area contributed by atoms with Crippen LogP contribution in [0, 0.1) is 0 Å². The van der Waals surface area contributed by atoms with Gasteiger partial charge in [-0.25, -0.2) is 9.59 Å². The van der Waals surface area contributed by atoms with Crippen molar-refractivity contribution in [3.63, 3.8) is 0 Å². The van der Waals surface area contributed by atoms with Crippen LogP contribution >= 0.6 is 0 Å². The number of alkyl carbamates (subject to hydrolysis) is 1. The van der Waals surface area contributed by atoms with Gasteiger partial charge in [-0.3, -0.25) is 0 Å². The SMILES string of the molecule is C=C(C)C(=O)OCCNC(=O)OCc1ccc2c(c1)OCCOCCOCCOc1ccccc1OCCOCCOCCO2. The Morgan fingerprint density at radius 3 is 1.64 bits per heavy atom. The van der Waals surface area contributed by atoms with Crippen molar-refractivity contribution < 1.29 is 57.0 Å². The molecule has 13 nitrogen and oxygen atoms in total. The Kier molecular flexibility index (Phi) is 17.0. The van der Waals surface area contributed by atoms with Crippen LogP contribution in [0.5, 0.6) is 23.0 Å². The highest BCUT2D eigenvalue weighted by molar-refractivity contribution is 5.86. The van der Waals surface area contributed by atoms with Crippen LogP contribution in [0.2, 0.25) is 0 Å². The third kappa shape index (κ3) is 15.0. The first kappa shape index (κ1) is 35.4. The summed E-state index contributed by atoms with van der Waals surface area (Å²) in [4.78, 5) is 23.4. The van der Waals surface area contributed by atoms with Crippen LogP contribution in [0.15, 0.2) is 54.6 Å². The molecule has 0 unspecified atom stereocenters. The van der Waals surface area contributed by atoms with Gasteiger partial charge in [0.1, 0.15) is 39.6 Å². The first-order valence-electron chi connectivity index (χ1n) is 14.8. The van der Waals surface area contributed by atoms with Crippen molar-refractivity contribution in [3.8, 4) is 23.0 Å². The number of carbonyl (C=O) groups is 2. The fraction of sp³-hybridized carbons (Fsp3) is 0.500. The van der Waals surface area contributed by atoms with Gasteiger partial charge in [0.2, 0.25) is 0 Å². The number of para-hydroxylation sites is 2. The molecule has 248 valence electrons. The summed E-state index contributed by atoms with van der Waals surface area (Å²) in [6.45, 7) is 9.52. The number of carbonyl (C=O) groups excluding carboxylic acids is 2. The number of hydrogen-bond acceptors (Lipinski definition) is 12. The zero-order chi connectivity index (χ0) is 32.0. The first-order valence-corrected chi connectivity index (χ1v) is 14.8. The Labute approximate surface area is 263 Å². The molecule has 1 aliphatic heterocycles. The Balaban J connectivity index is 1.46. The van der Waals surface area contributed by atoms with Gasteiger partial charge >= 0.3 is 12.1 Å². The van der Waals surface area contributed by atoms with Crippen LogP contribution in [0.1, 0.15) is 12.5 Å². The number of esters is 1. The molecule has 1 amide bonds. The minimum atomic E-state index is -0.651. The Morgan fingerprint density at radius 1 is 0.667 bits per heavy atom. The summed E-state index contributed by atoms with van der Waals surface area (Å²) in [5.74, 6) is 1.75. The highest BCUT2D eigenvalue weighted by atomic mass is 16.6. The molecule has 0 spiro atoms. The van der Waals surface area contributed by atoms with E-state index < -0.39 is 12.1 Å². The van der Waals surface area contributed by atoms with Crippen LogP contribution in [0.3, 0.4) is 0 Å². The summed E-state index contributed by atoms with van der Waals surface area (Å²) in [5.41, 5.74) is 0.970. The molecule has 0 fully saturated rings. The molecule has 0 aliphatic carbocycles. The fourth-order valence-corrected chi connectivity index (χ4v) is 3.67. The van der Waals surface area contributed by atoms with Gasteiger partial charge in [0.15, 0.2) is 23.0 Å². The second-order valence-electron chi connectivity index (χ2n) is 9.49. The van der Waals surface area contributed by atoms with Crippen molar-refractivity contribution in [1.82, 2.24) is 5.32 Å². The van der Waals surface area contributed by atoms with Crippen molar-refractivity contribution in [2.75, 3.05) is 92.4 Å². The van der Waals surface area contributed by atoms with Crippen molar-refractivity contribution in [2.45, 2.75) is 13.5 Å². The summed E-state index contributed by atoms with van der Waals surface area (Å²) >= 11 is 0. The van der Waals surface area contributed by atoms with Crippen LogP contribution in [-0.4, -0.2) is 104 Å². The van der Waals surface area contributed by atoms with Crippen molar-refractivity contribution in [3.05, 3.63) is 60.2 Å². The summed E-state index contributed by atoms with van der Waals surface area (Å²) in [5, 5.41) is 2.52. The molecular formula is C32H43NO12. The predicted molar refractivity (Wildman–Crippen MR) is 162 cm³/mol. The van der Waals surface area contributed by atoms with E-state index in [0.29, 0.717) is 94.6 Å². The number of hydrogen-bond donors (Lipinski definition) is 1. The molecule has 0 aromatic heterocycles. The number of nitrogens with one attached hydrogen (secondary N) is 1. The maximum atomic E-state index is 12.0. The molecule has 2 aromatic carbocycles. The van der Waals surface area contributed by atoms with Gasteiger partial charge in [-0.1, -0.05) is 24.8 Å². The van der Waals surface area contributed by atoms with Crippen LogP contribution in [0.25, 0.3) is 0 Å². The molecule has 0 radical (unpaired) electrons. The number of ether oxygens (including phenoxy) is 10. The Morgan fingerprint density at radius 2 is 1.13 bits per heavy atom. The van der Waals surface area contributed by atoms with Gasteiger partial charge in [-0.05, 0) is 36.8 Å². The van der Waals surface area contributed by atoms with Crippen molar-refractivity contribution in [1.29, 1.82) is 0 Å². The summed E-state index contributed by atoms with van der Waals surface area (Å²) < 4.78 is 56.1. The molecule has 0 atom stereocenters. The predicted octanol–water partition coefficient (Wildman–Crippen LogP) is 3.33. The van der Waals surface area contributed by atoms with Crippen molar-refractivity contribution >= 4 is 12.1 Å². The van der Waals surface area contributed by atoms with E-state index in [2.05, 4.69) is 11.9 Å². The molecule has 0 saturated carbocycles. The van der Waals surface area contributed by atoms with E-state index in [0.717, 1.165) is 0 Å². The average Bonchev–Trinajstić information content (AvgIpc) is 3.04. The monoisotopic (exact) mass is 633 g/mol. The molecule has 2 aromatic rings. The Bertz CT molecular complexity index is 1170. The summed E-state index contributed by atoms with van der Waals surface area (Å²) in [6, 6.07) is 12.7. The fourth-order valence-electron chi connectivity index (χ4n) is 3.67. The van der Waals surface area contributed by atoms with Crippen molar-refractivity contribution in [2.24, 2.45) is 0 Å². The Hall–Kier alpha value is -4.04. The van der Waals surface area contributed by atoms with E-state index >= 15 is 0 Å². The number of rotatable bonds is 6. The minimum absolute atomic E-state index is 0.00808. The van der Waals surface area contributed by atoms with Crippen LogP contribution < -0.4 is 24.3 Å². The minimum Gasteiger partial charge on any atom is -0.487 e. The zero-order valence-corrected chi connectivity index (χ0v) is 25.8. The van der Waals surface area contributed by atoms with E-state index in [1.807, 2.05) is 24.3 Å². The molecule has 45 heavy (non-hydrogen) atoms. The maximum absolute atomic E-state index is 12.0. The third-order valence-electron chi connectivity index (χ3n) is 5.87. The van der Waals surface area contributed by atoms with E-state index in [1.54, 1.807) is 25.1 Å². The normalized spacial score (nSPS) is 15.9. The van der Waals surface area contributed by atoms with E-state index in [1.165, 1.54) is 0 Å². The van der Waals surface area contributed by atoms with E-state index in [-0.39, 0.29) is 38.5 Å². The largest absolute Gasteiger partial charge is 0.487 e. The zero-order valence-electron chi connectivity index (χ0n) is 25.8. The van der Waals surface area contributed by atoms with Crippen LogP contribution in [0.4, 0.5) is 4.79 Å². The lowest BCUT2D eigenvalue weighted by Gasteiger charge is -2.15. The molecule has 0 bridgehead atoms. The first-order chi connectivity index (χ1) is 22.0. The lowest BCUT2D eigenvalue weighted by Crippen LogP contribution is -2.28. The molecule has 3 rings (SSSR count). The molecule has 13 heteroatoms. The molecule has 1 aliphatic rings. The molecule has 1 heterocycles. The van der Waals surface area contributed by atoms with Gasteiger partial charge in [-0.15, -0.1) is 0 Å². The van der Waals surface area contributed by atoms with Gasteiger partial charge in [0, 0.05) is 5.57 Å². The second-order valence-corrected chi connectivity index (χ2v) is 9.49. The summed E-state index contributed by atoms with van der Waals surface area (Å²) in [7, 11) is 0. The topological polar surface area (TPSA) is 138 Å². The van der Waals surface area contributed by atoms with E-state index in [9.17, 15) is 9.59 Å². The van der Waals surface area contributed by atoms with Gasteiger partial charge in [0.25, 0.3) is 0 Å². The standard InChI is InChI=1S/C32H43NO12/c1-25(2)31(34)44-10-9-33-32(35)45-24-26-7-8-29-30(23-26)43-22-18-39-14-13-37-16-20-41-28-6-4-3-5-27(28)40-19-15-36-11-12-38-17-21-42-29/h3-8,23H,1,9-22,24H2,2H3,(H,33,35). The van der Waals surface area contributed by atoms with Gasteiger partial charge in [0.05, 0.1) is 59.4 Å². The van der Waals surface area contributed by atoms with Crippen LogP contribution in [-0.2, 0) is 39.8 Å². The highest BCUT2D eigenvalue weighted by Crippen LogP contribution is 2.29. The average molecular weight is 634 g/mol. The van der Waals surface area contributed by atoms with Gasteiger partial charge in [-0.2, -0.15) is 0 Å². The smallest absolute Gasteiger partial charge is 0.407 e. The molecule has 1 N–H and O–H groups in total. The van der Waals surface area contributed by atoms with E-state index in [4.69, 9.17) is 47.4 Å². The number of amides is 1. The highest BCUT2D eigenvalue weighted by Gasteiger charge is 2.11. The lowest BCUT2D eigenvalue weighted by atomic mass is 10.2. The lowest BCUT2D eigenvalue weighted by molar-refractivity contribution is -0.138. The third-order valence-corrected chi connectivity index (χ3v) is 5.87.